The van der Waals surface area contributed by atoms with E-state index in [1.54, 1.807) is 12.1 Å². The van der Waals surface area contributed by atoms with E-state index in [1.165, 1.54) is 31.1 Å². The Hall–Kier alpha value is -0.870. The van der Waals surface area contributed by atoms with E-state index >= 15 is 0 Å². The zero-order valence-corrected chi connectivity index (χ0v) is 12.3. The highest BCUT2D eigenvalue weighted by Gasteiger charge is 2.50. The molecule has 0 bridgehead atoms. The van der Waals surface area contributed by atoms with E-state index in [0.717, 1.165) is 12.6 Å². The number of hydrogen-bond donors (Lipinski definition) is 1. The van der Waals surface area contributed by atoms with Crippen LogP contribution in [0.4, 0.5) is 0 Å². The third-order valence-electron chi connectivity index (χ3n) is 4.58. The van der Waals surface area contributed by atoms with E-state index in [1.807, 2.05) is 12.1 Å². The number of rotatable bonds is 5. The third kappa shape index (κ3) is 2.70. The molecule has 2 atom stereocenters. The molecular weight excluding hydrogens is 258 g/mol. The second-order valence-electron chi connectivity index (χ2n) is 6.30. The normalized spacial score (nSPS) is 30.3. The van der Waals surface area contributed by atoms with Crippen molar-refractivity contribution in [1.82, 2.24) is 5.32 Å². The highest BCUT2D eigenvalue weighted by molar-refractivity contribution is 7.90. The molecule has 19 heavy (non-hydrogen) atoms. The molecule has 2 unspecified atom stereocenters. The molecule has 2 saturated carbocycles. The fraction of sp³-hybridized carbons (Fsp3) is 0.600. The smallest absolute Gasteiger partial charge is 0.175 e. The monoisotopic (exact) mass is 279 g/mol. The summed E-state index contributed by atoms with van der Waals surface area (Å²) < 4.78 is 22.9. The lowest BCUT2D eigenvalue weighted by Crippen LogP contribution is -2.22. The minimum atomic E-state index is -3.08. The van der Waals surface area contributed by atoms with Crippen LogP contribution in [0.15, 0.2) is 29.2 Å². The van der Waals surface area contributed by atoms with Crippen molar-refractivity contribution >= 4 is 9.84 Å². The fourth-order valence-electron chi connectivity index (χ4n) is 2.78. The summed E-state index contributed by atoms with van der Waals surface area (Å²) in [6.07, 6.45) is 5.10. The van der Waals surface area contributed by atoms with Crippen molar-refractivity contribution in [3.05, 3.63) is 29.8 Å². The first-order valence-corrected chi connectivity index (χ1v) is 8.83. The molecule has 0 radical (unpaired) electrons. The summed E-state index contributed by atoms with van der Waals surface area (Å²) >= 11 is 0. The number of sulfone groups is 1. The maximum Gasteiger partial charge on any atom is 0.175 e. The van der Waals surface area contributed by atoms with Gasteiger partial charge in [0.05, 0.1) is 4.90 Å². The number of benzene rings is 1. The van der Waals surface area contributed by atoms with Gasteiger partial charge >= 0.3 is 0 Å². The molecule has 104 valence electrons. The molecule has 0 aromatic heterocycles. The first kappa shape index (κ1) is 13.1. The van der Waals surface area contributed by atoms with Crippen LogP contribution in [0.2, 0.25) is 0 Å². The van der Waals surface area contributed by atoms with Crippen molar-refractivity contribution in [1.29, 1.82) is 0 Å². The molecule has 2 aliphatic rings. The van der Waals surface area contributed by atoms with Gasteiger partial charge in [0.1, 0.15) is 0 Å². The standard InChI is InChI=1S/C15H21NO2S/c1-15(9-12(15)10-16-13-5-6-13)11-3-7-14(8-4-11)19(2,17)18/h3-4,7-8,12-13,16H,5-6,9-10H2,1-2H3. The summed E-state index contributed by atoms with van der Waals surface area (Å²) in [5.41, 5.74) is 1.50. The summed E-state index contributed by atoms with van der Waals surface area (Å²) in [4.78, 5) is 0.410. The molecule has 1 N–H and O–H groups in total. The van der Waals surface area contributed by atoms with Gasteiger partial charge in [-0.3, -0.25) is 0 Å². The molecule has 0 heterocycles. The van der Waals surface area contributed by atoms with E-state index in [2.05, 4.69) is 12.2 Å². The van der Waals surface area contributed by atoms with Gasteiger partial charge in [0, 0.05) is 12.3 Å². The summed E-state index contributed by atoms with van der Waals surface area (Å²) in [5.74, 6) is 0.692. The maximum atomic E-state index is 11.4. The van der Waals surface area contributed by atoms with Crippen LogP contribution >= 0.6 is 0 Å². The van der Waals surface area contributed by atoms with Gasteiger partial charge in [-0.25, -0.2) is 8.42 Å². The molecule has 0 saturated heterocycles. The van der Waals surface area contributed by atoms with E-state index in [4.69, 9.17) is 0 Å². The van der Waals surface area contributed by atoms with Crippen molar-refractivity contribution in [2.45, 2.75) is 42.5 Å². The van der Waals surface area contributed by atoms with Gasteiger partial charge in [0.2, 0.25) is 0 Å². The molecule has 1 aromatic carbocycles. The van der Waals surface area contributed by atoms with E-state index in [0.29, 0.717) is 10.8 Å². The van der Waals surface area contributed by atoms with Crippen LogP contribution in [-0.2, 0) is 15.3 Å². The Morgan fingerprint density at radius 1 is 1.26 bits per heavy atom. The molecule has 0 spiro atoms. The third-order valence-corrected chi connectivity index (χ3v) is 5.71. The SMILES string of the molecule is CC1(c2ccc(S(C)(=O)=O)cc2)CC1CNC1CC1. The summed E-state index contributed by atoms with van der Waals surface area (Å²) in [5, 5.41) is 3.58. The van der Waals surface area contributed by atoms with Gasteiger partial charge in [-0.1, -0.05) is 19.1 Å². The van der Waals surface area contributed by atoms with Crippen LogP contribution in [0, 0.1) is 5.92 Å². The van der Waals surface area contributed by atoms with Gasteiger partial charge in [-0.2, -0.15) is 0 Å². The lowest BCUT2D eigenvalue weighted by atomic mass is 9.95. The molecule has 2 aliphatic carbocycles. The minimum absolute atomic E-state index is 0.234. The van der Waals surface area contributed by atoms with Crippen LogP contribution in [0.25, 0.3) is 0 Å². The average Bonchev–Trinajstić information content (AvgIpc) is 3.23. The second-order valence-corrected chi connectivity index (χ2v) is 8.31. The van der Waals surface area contributed by atoms with Gasteiger partial charge in [0.25, 0.3) is 0 Å². The maximum absolute atomic E-state index is 11.4. The van der Waals surface area contributed by atoms with Crippen LogP contribution in [-0.4, -0.2) is 27.3 Å². The summed E-state index contributed by atoms with van der Waals surface area (Å²) in [6, 6.07) is 8.19. The Bertz CT molecular complexity index is 575. The Morgan fingerprint density at radius 2 is 1.89 bits per heavy atom. The lowest BCUT2D eigenvalue weighted by molar-refractivity contribution is 0.575. The molecule has 0 aliphatic heterocycles. The molecule has 3 nitrogen and oxygen atoms in total. The summed E-state index contributed by atoms with van der Waals surface area (Å²) in [7, 11) is -3.08. The quantitative estimate of drug-likeness (QED) is 0.898. The first-order valence-electron chi connectivity index (χ1n) is 6.93. The van der Waals surface area contributed by atoms with E-state index < -0.39 is 9.84 Å². The van der Waals surface area contributed by atoms with Crippen molar-refractivity contribution in [2.24, 2.45) is 5.92 Å². The zero-order chi connectivity index (χ0) is 13.7. The molecule has 1 aromatic rings. The van der Waals surface area contributed by atoms with Crippen LogP contribution < -0.4 is 5.32 Å². The van der Waals surface area contributed by atoms with Gasteiger partial charge in [-0.05, 0) is 54.8 Å². The Kier molecular flexibility index (Phi) is 2.98. The van der Waals surface area contributed by atoms with Gasteiger partial charge < -0.3 is 5.32 Å². The van der Waals surface area contributed by atoms with E-state index in [9.17, 15) is 8.42 Å². The van der Waals surface area contributed by atoms with Crippen molar-refractivity contribution in [2.75, 3.05) is 12.8 Å². The van der Waals surface area contributed by atoms with Crippen molar-refractivity contribution in [3.63, 3.8) is 0 Å². The average molecular weight is 279 g/mol. The molecule has 0 amide bonds. The van der Waals surface area contributed by atoms with Crippen LogP contribution in [0.3, 0.4) is 0 Å². The summed E-state index contributed by atoms with van der Waals surface area (Å²) in [6.45, 7) is 3.37. The van der Waals surface area contributed by atoms with Crippen molar-refractivity contribution in [3.8, 4) is 0 Å². The Morgan fingerprint density at radius 3 is 2.42 bits per heavy atom. The fourth-order valence-corrected chi connectivity index (χ4v) is 3.41. The predicted molar refractivity (Wildman–Crippen MR) is 76.0 cm³/mol. The van der Waals surface area contributed by atoms with Crippen LogP contribution in [0.1, 0.15) is 31.7 Å². The Balaban J connectivity index is 1.69. The topological polar surface area (TPSA) is 46.2 Å². The molecular formula is C15H21NO2S. The van der Waals surface area contributed by atoms with Gasteiger partial charge in [-0.15, -0.1) is 0 Å². The molecule has 2 fully saturated rings. The van der Waals surface area contributed by atoms with Crippen LogP contribution in [0.5, 0.6) is 0 Å². The minimum Gasteiger partial charge on any atom is -0.314 e. The molecule has 3 rings (SSSR count). The second kappa shape index (κ2) is 4.32. The number of nitrogens with one attached hydrogen (secondary N) is 1. The van der Waals surface area contributed by atoms with E-state index in [-0.39, 0.29) is 5.41 Å². The van der Waals surface area contributed by atoms with Gasteiger partial charge in [0.15, 0.2) is 9.84 Å². The van der Waals surface area contributed by atoms with Crippen molar-refractivity contribution < 1.29 is 8.42 Å². The lowest BCUT2D eigenvalue weighted by Gasteiger charge is -2.13. The Labute approximate surface area is 115 Å². The highest BCUT2D eigenvalue weighted by Crippen LogP contribution is 2.53. The molecule has 4 heteroatoms. The largest absolute Gasteiger partial charge is 0.314 e. The zero-order valence-electron chi connectivity index (χ0n) is 11.5. The first-order chi connectivity index (χ1) is 8.89. The highest BCUT2D eigenvalue weighted by atomic mass is 32.2. The predicted octanol–water partition coefficient (Wildman–Crippen LogP) is 2.12. The number of hydrogen-bond acceptors (Lipinski definition) is 3.